The van der Waals surface area contributed by atoms with Crippen LogP contribution in [0.3, 0.4) is 0 Å². The fourth-order valence-corrected chi connectivity index (χ4v) is 6.83. The lowest BCUT2D eigenvalue weighted by atomic mass is 9.74. The molecule has 2 aromatic carbocycles. The maximum Gasteiger partial charge on any atom is 0.227 e. The Morgan fingerprint density at radius 1 is 1.05 bits per heavy atom. The number of pyridine rings is 1. The van der Waals surface area contributed by atoms with Gasteiger partial charge in [-0.3, -0.25) is 9.69 Å². The number of halogens is 2. The smallest absolute Gasteiger partial charge is 0.227 e. The number of carbonyl (C=O) groups excluding carboxylic acids is 1. The van der Waals surface area contributed by atoms with Crippen LogP contribution in [0.4, 0.5) is 5.69 Å². The number of carbonyl (C=O) groups is 1. The minimum absolute atomic E-state index is 0.0606. The van der Waals surface area contributed by atoms with Crippen molar-refractivity contribution in [1.82, 2.24) is 14.9 Å². The summed E-state index contributed by atoms with van der Waals surface area (Å²) in [5.41, 5.74) is 7.43. The molecule has 1 spiro atoms. The van der Waals surface area contributed by atoms with Gasteiger partial charge in [0.1, 0.15) is 5.15 Å². The number of hydrogen-bond acceptors (Lipinski definition) is 5. The van der Waals surface area contributed by atoms with Crippen LogP contribution in [0, 0.1) is 0 Å². The van der Waals surface area contributed by atoms with E-state index in [1.807, 2.05) is 46.8 Å². The summed E-state index contributed by atoms with van der Waals surface area (Å²) in [6, 6.07) is 15.9. The Morgan fingerprint density at radius 2 is 1.87 bits per heavy atom. The van der Waals surface area contributed by atoms with Gasteiger partial charge in [-0.25, -0.2) is 9.97 Å². The standard InChI is InChI=1S/C30H28Cl2N4OS/c31-23-6-3-21(4-7-23)2-1-15-35-16-12-30(13-17-35)19-36(24-8-9-25-29(28(24)30)34-20-38-25)27(37)10-5-22-11-14-33-26(32)18-22/h1-4,6-9,11,14,18,20H,5,10,12-13,15-17,19H2/b2-1+. The van der Waals surface area contributed by atoms with E-state index in [-0.39, 0.29) is 11.3 Å². The first-order valence-corrected chi connectivity index (χ1v) is 14.6. The zero-order valence-corrected chi connectivity index (χ0v) is 23.3. The van der Waals surface area contributed by atoms with Crippen molar-refractivity contribution in [2.75, 3.05) is 31.1 Å². The molecule has 1 fully saturated rings. The van der Waals surface area contributed by atoms with Crippen molar-refractivity contribution in [1.29, 1.82) is 0 Å². The second-order valence-corrected chi connectivity index (χ2v) is 11.9. The Balaban J connectivity index is 1.18. The summed E-state index contributed by atoms with van der Waals surface area (Å²) in [6.45, 7) is 3.61. The predicted octanol–water partition coefficient (Wildman–Crippen LogP) is 7.02. The molecule has 0 aliphatic carbocycles. The van der Waals surface area contributed by atoms with Gasteiger partial charge < -0.3 is 4.90 Å². The molecule has 2 aliphatic rings. The molecule has 0 saturated carbocycles. The molecule has 38 heavy (non-hydrogen) atoms. The third kappa shape index (κ3) is 5.10. The number of nitrogens with zero attached hydrogens (tertiary/aromatic N) is 4. The van der Waals surface area contributed by atoms with Crippen molar-refractivity contribution < 1.29 is 4.79 Å². The molecule has 1 saturated heterocycles. The molecule has 6 rings (SSSR count). The van der Waals surface area contributed by atoms with Crippen LogP contribution in [0.5, 0.6) is 0 Å². The first-order valence-electron chi connectivity index (χ1n) is 12.9. The number of aromatic nitrogens is 2. The molecule has 2 aromatic heterocycles. The summed E-state index contributed by atoms with van der Waals surface area (Å²) in [5, 5.41) is 1.21. The Kier molecular flexibility index (Phi) is 7.23. The number of aryl methyl sites for hydroxylation is 1. The molecule has 1 amide bonds. The highest BCUT2D eigenvalue weighted by molar-refractivity contribution is 7.16. The normalized spacial score (nSPS) is 17.1. The van der Waals surface area contributed by atoms with E-state index in [0.29, 0.717) is 18.0 Å². The van der Waals surface area contributed by atoms with Crippen LogP contribution in [0.15, 0.2) is 66.3 Å². The first kappa shape index (κ1) is 25.5. The maximum atomic E-state index is 13.6. The van der Waals surface area contributed by atoms with E-state index >= 15 is 0 Å². The van der Waals surface area contributed by atoms with Crippen LogP contribution in [0.25, 0.3) is 16.3 Å². The lowest BCUT2D eigenvalue weighted by Crippen LogP contribution is -2.46. The van der Waals surface area contributed by atoms with Gasteiger partial charge in [0, 0.05) is 47.4 Å². The van der Waals surface area contributed by atoms with Gasteiger partial charge in [0.05, 0.1) is 15.7 Å². The molecule has 0 radical (unpaired) electrons. The molecule has 8 heteroatoms. The minimum Gasteiger partial charge on any atom is -0.311 e. The van der Waals surface area contributed by atoms with Crippen LogP contribution in [-0.4, -0.2) is 47.0 Å². The number of amides is 1. The van der Waals surface area contributed by atoms with E-state index in [2.05, 4.69) is 34.2 Å². The number of thiazole rings is 1. The highest BCUT2D eigenvalue weighted by Gasteiger charge is 2.47. The third-order valence-corrected chi connectivity index (χ3v) is 9.09. The van der Waals surface area contributed by atoms with Gasteiger partial charge in [0.2, 0.25) is 5.91 Å². The lowest BCUT2D eigenvalue weighted by molar-refractivity contribution is -0.118. The average molecular weight is 564 g/mol. The molecule has 0 atom stereocenters. The monoisotopic (exact) mass is 562 g/mol. The zero-order valence-electron chi connectivity index (χ0n) is 20.9. The molecule has 0 unspecified atom stereocenters. The Morgan fingerprint density at radius 3 is 2.66 bits per heavy atom. The lowest BCUT2D eigenvalue weighted by Gasteiger charge is -2.39. The highest BCUT2D eigenvalue weighted by atomic mass is 35.5. The van der Waals surface area contributed by atoms with Crippen LogP contribution in [0.1, 0.15) is 36.0 Å². The van der Waals surface area contributed by atoms with E-state index in [1.165, 1.54) is 10.3 Å². The fraction of sp³-hybridized carbons (Fsp3) is 0.300. The molecule has 5 nitrogen and oxygen atoms in total. The summed E-state index contributed by atoms with van der Waals surface area (Å²) in [4.78, 5) is 26.9. The number of piperidine rings is 1. The summed E-state index contributed by atoms with van der Waals surface area (Å²) in [5.74, 6) is 0.152. The van der Waals surface area contributed by atoms with E-state index in [9.17, 15) is 4.79 Å². The fourth-order valence-electron chi connectivity index (χ4n) is 5.83. The molecular formula is C30H28Cl2N4OS. The largest absolute Gasteiger partial charge is 0.311 e. The van der Waals surface area contributed by atoms with Crippen molar-refractivity contribution >= 4 is 62.4 Å². The number of likely N-dealkylation sites (tertiary alicyclic amines) is 1. The number of rotatable bonds is 6. The van der Waals surface area contributed by atoms with Crippen LogP contribution < -0.4 is 4.90 Å². The van der Waals surface area contributed by atoms with E-state index < -0.39 is 0 Å². The van der Waals surface area contributed by atoms with Crippen molar-refractivity contribution in [2.45, 2.75) is 31.1 Å². The minimum atomic E-state index is -0.0606. The molecule has 4 heterocycles. The summed E-state index contributed by atoms with van der Waals surface area (Å²) < 4.78 is 1.19. The first-order chi connectivity index (χ1) is 18.5. The average Bonchev–Trinajstić information content (AvgIpc) is 3.53. The Bertz CT molecular complexity index is 1490. The predicted molar refractivity (Wildman–Crippen MR) is 157 cm³/mol. The molecule has 194 valence electrons. The zero-order chi connectivity index (χ0) is 26.1. The third-order valence-electron chi connectivity index (χ3n) is 7.84. The molecule has 0 bridgehead atoms. The maximum absolute atomic E-state index is 13.6. The van der Waals surface area contributed by atoms with Crippen molar-refractivity contribution in [3.05, 3.63) is 93.2 Å². The van der Waals surface area contributed by atoms with Gasteiger partial charge in [0.25, 0.3) is 0 Å². The quantitative estimate of drug-likeness (QED) is 0.237. The Labute approximate surface area is 236 Å². The van der Waals surface area contributed by atoms with Gasteiger partial charge in [0.15, 0.2) is 0 Å². The SMILES string of the molecule is O=C(CCc1ccnc(Cl)c1)N1CC2(CCN(C/C=C/c3ccc(Cl)cc3)CC2)c2c1ccc1scnc21. The van der Waals surface area contributed by atoms with Crippen molar-refractivity contribution in [2.24, 2.45) is 0 Å². The Hall–Kier alpha value is -2.77. The van der Waals surface area contributed by atoms with Gasteiger partial charge in [-0.15, -0.1) is 11.3 Å². The molecular weight excluding hydrogens is 535 g/mol. The number of fused-ring (bicyclic) bond motifs is 4. The van der Waals surface area contributed by atoms with Crippen LogP contribution in [0.2, 0.25) is 10.2 Å². The topological polar surface area (TPSA) is 49.3 Å². The van der Waals surface area contributed by atoms with Crippen molar-refractivity contribution in [3.63, 3.8) is 0 Å². The second kappa shape index (κ2) is 10.8. The van der Waals surface area contributed by atoms with E-state index in [4.69, 9.17) is 28.2 Å². The van der Waals surface area contributed by atoms with Gasteiger partial charge >= 0.3 is 0 Å². The van der Waals surface area contributed by atoms with Crippen LogP contribution >= 0.6 is 34.5 Å². The van der Waals surface area contributed by atoms with Crippen molar-refractivity contribution in [3.8, 4) is 0 Å². The van der Waals surface area contributed by atoms with Crippen LogP contribution in [-0.2, 0) is 16.6 Å². The summed E-state index contributed by atoms with van der Waals surface area (Å²) in [6.07, 6.45) is 9.17. The van der Waals surface area contributed by atoms with Gasteiger partial charge in [-0.1, -0.05) is 47.5 Å². The summed E-state index contributed by atoms with van der Waals surface area (Å²) >= 11 is 13.7. The highest BCUT2D eigenvalue weighted by Crippen LogP contribution is 2.50. The van der Waals surface area contributed by atoms with Gasteiger partial charge in [-0.2, -0.15) is 0 Å². The molecule has 2 aliphatic heterocycles. The summed E-state index contributed by atoms with van der Waals surface area (Å²) in [7, 11) is 0. The number of anilines is 1. The van der Waals surface area contributed by atoms with E-state index in [1.54, 1.807) is 17.5 Å². The molecule has 0 N–H and O–H groups in total. The second-order valence-electron chi connectivity index (χ2n) is 10.2. The number of hydrogen-bond donors (Lipinski definition) is 0. The van der Waals surface area contributed by atoms with E-state index in [0.717, 1.165) is 66.4 Å². The molecule has 4 aromatic rings. The van der Waals surface area contributed by atoms with Gasteiger partial charge in [-0.05, 0) is 79.9 Å². The number of benzene rings is 2.